The van der Waals surface area contributed by atoms with E-state index in [1.54, 1.807) is 18.3 Å². The van der Waals surface area contributed by atoms with Crippen molar-refractivity contribution in [3.63, 3.8) is 0 Å². The fourth-order valence-electron chi connectivity index (χ4n) is 7.21. The van der Waals surface area contributed by atoms with Gasteiger partial charge in [-0.1, -0.05) is 72.3 Å². The van der Waals surface area contributed by atoms with Crippen LogP contribution in [0.3, 0.4) is 0 Å². The molecule has 40 heavy (non-hydrogen) atoms. The number of nitro benzene ring substituents is 1. The molecule has 1 fully saturated rings. The molecular formula is C33H25N3O4. The lowest BCUT2D eigenvalue weighted by Gasteiger charge is -2.52. The van der Waals surface area contributed by atoms with Crippen LogP contribution in [0.5, 0.6) is 0 Å². The molecule has 0 aromatic heterocycles. The fraction of sp³-hybridized carbons (Fsp3) is 0.182. The SMILES string of the molecule is Cc1ccc(N2C(=O)[C@@H]3C4c5ccccc5C(C=Nc5cccc([N+](=O)[O-])c5)(c5ccccc54)[C@H]3C2=O)c(C)c1. The first-order chi connectivity index (χ1) is 19.3. The Hall–Kier alpha value is -4.91. The summed E-state index contributed by atoms with van der Waals surface area (Å²) in [6, 6.07) is 27.8. The number of non-ortho nitro benzene ring substituents is 1. The van der Waals surface area contributed by atoms with Crippen LogP contribution in [0, 0.1) is 35.8 Å². The van der Waals surface area contributed by atoms with Crippen LogP contribution in [-0.4, -0.2) is 23.0 Å². The lowest BCUT2D eigenvalue weighted by atomic mass is 9.47. The second kappa shape index (κ2) is 8.55. The van der Waals surface area contributed by atoms with Crippen molar-refractivity contribution in [2.24, 2.45) is 16.8 Å². The van der Waals surface area contributed by atoms with Crippen molar-refractivity contribution in [3.8, 4) is 0 Å². The molecule has 0 saturated carbocycles. The van der Waals surface area contributed by atoms with Crippen molar-refractivity contribution >= 4 is 35.1 Å². The first-order valence-electron chi connectivity index (χ1n) is 13.3. The summed E-state index contributed by atoms with van der Waals surface area (Å²) in [5, 5.41) is 11.4. The Morgan fingerprint density at radius 1 is 0.850 bits per heavy atom. The molecule has 7 nitrogen and oxygen atoms in total. The van der Waals surface area contributed by atoms with E-state index >= 15 is 0 Å². The van der Waals surface area contributed by atoms with Gasteiger partial charge in [0, 0.05) is 24.3 Å². The number of nitrogens with zero attached hydrogens (tertiary/aromatic N) is 3. The second-order valence-corrected chi connectivity index (χ2v) is 10.9. The molecule has 1 heterocycles. The number of aryl methyl sites for hydroxylation is 2. The minimum Gasteiger partial charge on any atom is -0.274 e. The first kappa shape index (κ1) is 24.2. The molecule has 0 spiro atoms. The summed E-state index contributed by atoms with van der Waals surface area (Å²) in [4.78, 5) is 46.0. The van der Waals surface area contributed by atoms with Gasteiger partial charge in [-0.3, -0.25) is 24.7 Å². The summed E-state index contributed by atoms with van der Waals surface area (Å²) in [5.41, 5.74) is 5.74. The summed E-state index contributed by atoms with van der Waals surface area (Å²) in [6.07, 6.45) is 1.76. The van der Waals surface area contributed by atoms with Crippen molar-refractivity contribution in [1.82, 2.24) is 0 Å². The van der Waals surface area contributed by atoms with Gasteiger partial charge < -0.3 is 0 Å². The number of amides is 2. The summed E-state index contributed by atoms with van der Waals surface area (Å²) >= 11 is 0. The molecular weight excluding hydrogens is 502 g/mol. The van der Waals surface area contributed by atoms with Gasteiger partial charge in [0.1, 0.15) is 0 Å². The molecule has 0 N–H and O–H groups in total. The molecule has 4 aromatic rings. The van der Waals surface area contributed by atoms with E-state index in [1.807, 2.05) is 80.6 Å². The Morgan fingerprint density at radius 2 is 1.52 bits per heavy atom. The molecule has 7 heteroatoms. The predicted octanol–water partition coefficient (Wildman–Crippen LogP) is 6.16. The van der Waals surface area contributed by atoms with E-state index < -0.39 is 22.2 Å². The lowest BCUT2D eigenvalue weighted by Crippen LogP contribution is -2.54. The lowest BCUT2D eigenvalue weighted by molar-refractivity contribution is -0.384. The largest absolute Gasteiger partial charge is 0.274 e. The third kappa shape index (κ3) is 3.14. The van der Waals surface area contributed by atoms with Gasteiger partial charge in [-0.15, -0.1) is 0 Å². The molecule has 4 aromatic carbocycles. The van der Waals surface area contributed by atoms with Crippen molar-refractivity contribution in [1.29, 1.82) is 0 Å². The third-order valence-corrected chi connectivity index (χ3v) is 8.73. The van der Waals surface area contributed by atoms with E-state index in [0.717, 1.165) is 33.4 Å². The molecule has 0 radical (unpaired) electrons. The number of hydrogen-bond donors (Lipinski definition) is 0. The number of benzene rings is 4. The Bertz CT molecular complexity index is 1740. The number of hydrogen-bond acceptors (Lipinski definition) is 5. The van der Waals surface area contributed by atoms with Gasteiger partial charge in [0.15, 0.2) is 0 Å². The maximum absolute atomic E-state index is 14.5. The second-order valence-electron chi connectivity index (χ2n) is 10.9. The normalized spacial score (nSPS) is 24.2. The van der Waals surface area contributed by atoms with Crippen molar-refractivity contribution in [3.05, 3.63) is 134 Å². The van der Waals surface area contributed by atoms with Gasteiger partial charge in [0.05, 0.1) is 33.5 Å². The molecule has 8 rings (SSSR count). The monoisotopic (exact) mass is 527 g/mol. The van der Waals surface area contributed by atoms with Crippen LogP contribution >= 0.6 is 0 Å². The molecule has 0 unspecified atom stereocenters. The van der Waals surface area contributed by atoms with E-state index in [0.29, 0.717) is 11.4 Å². The number of rotatable bonds is 4. The number of nitro groups is 1. The number of carbonyl (C=O) groups excluding carboxylic acids is 2. The number of imide groups is 1. The van der Waals surface area contributed by atoms with Crippen LogP contribution in [0.4, 0.5) is 17.1 Å². The smallest absolute Gasteiger partial charge is 0.271 e. The minimum absolute atomic E-state index is 0.0636. The van der Waals surface area contributed by atoms with Gasteiger partial charge in [-0.05, 0) is 53.8 Å². The molecule has 3 aliphatic carbocycles. The third-order valence-electron chi connectivity index (χ3n) is 8.73. The summed E-state index contributed by atoms with van der Waals surface area (Å²) in [7, 11) is 0. The van der Waals surface area contributed by atoms with Crippen LogP contribution in [0.2, 0.25) is 0 Å². The maximum Gasteiger partial charge on any atom is 0.271 e. The fourth-order valence-corrected chi connectivity index (χ4v) is 7.21. The Labute approximate surface area is 231 Å². The van der Waals surface area contributed by atoms with Crippen LogP contribution < -0.4 is 4.90 Å². The number of carbonyl (C=O) groups is 2. The zero-order chi connectivity index (χ0) is 27.8. The highest BCUT2D eigenvalue weighted by Crippen LogP contribution is 2.63. The van der Waals surface area contributed by atoms with E-state index in [-0.39, 0.29) is 23.4 Å². The van der Waals surface area contributed by atoms with Gasteiger partial charge in [-0.25, -0.2) is 4.90 Å². The molecule has 1 saturated heterocycles. The first-order valence-corrected chi connectivity index (χ1v) is 13.3. The highest BCUT2D eigenvalue weighted by Gasteiger charge is 2.68. The Morgan fingerprint density at radius 3 is 2.17 bits per heavy atom. The maximum atomic E-state index is 14.5. The van der Waals surface area contributed by atoms with E-state index in [2.05, 4.69) is 0 Å². The number of aliphatic imine (C=N–C) groups is 1. The summed E-state index contributed by atoms with van der Waals surface area (Å²) < 4.78 is 0. The standard InChI is InChI=1S/C33H25N3O4/c1-19-14-15-27(20(2)16-19)35-31(37)29-28-23-10-3-5-12-25(23)33(30(29)32(35)38,26-13-6-4-11-24(26)28)18-34-21-8-7-9-22(17-21)36(39)40/h3-18,28-30H,1-2H3/t28?,29-,30-,33?/m1/s1. The van der Waals surface area contributed by atoms with E-state index in [4.69, 9.17) is 4.99 Å². The van der Waals surface area contributed by atoms with Gasteiger partial charge in [0.2, 0.25) is 11.8 Å². The van der Waals surface area contributed by atoms with Crippen LogP contribution in [0.15, 0.2) is 96.0 Å². The predicted molar refractivity (Wildman–Crippen MR) is 152 cm³/mol. The summed E-state index contributed by atoms with van der Waals surface area (Å²) in [6.45, 7) is 3.90. The van der Waals surface area contributed by atoms with Crippen LogP contribution in [0.25, 0.3) is 0 Å². The van der Waals surface area contributed by atoms with Gasteiger partial charge in [-0.2, -0.15) is 0 Å². The highest BCUT2D eigenvalue weighted by atomic mass is 16.6. The van der Waals surface area contributed by atoms with E-state index in [9.17, 15) is 19.7 Å². The average Bonchev–Trinajstić information content (AvgIpc) is 3.23. The quantitative estimate of drug-likeness (QED) is 0.137. The Kier molecular flexibility index (Phi) is 5.16. The molecule has 2 bridgehead atoms. The van der Waals surface area contributed by atoms with Crippen molar-refractivity contribution in [2.45, 2.75) is 25.2 Å². The van der Waals surface area contributed by atoms with Crippen LogP contribution in [-0.2, 0) is 15.0 Å². The van der Waals surface area contributed by atoms with Crippen molar-refractivity contribution in [2.75, 3.05) is 4.90 Å². The van der Waals surface area contributed by atoms with Gasteiger partial charge >= 0.3 is 0 Å². The van der Waals surface area contributed by atoms with E-state index in [1.165, 1.54) is 17.0 Å². The zero-order valence-corrected chi connectivity index (χ0v) is 21.9. The van der Waals surface area contributed by atoms with Crippen LogP contribution in [0.1, 0.15) is 39.3 Å². The number of anilines is 1. The highest BCUT2D eigenvalue weighted by molar-refractivity contribution is 6.25. The summed E-state index contributed by atoms with van der Waals surface area (Å²) in [5.74, 6) is -2.03. The molecule has 196 valence electrons. The average molecular weight is 528 g/mol. The molecule has 4 aliphatic rings. The molecule has 1 aliphatic heterocycles. The van der Waals surface area contributed by atoms with Gasteiger partial charge in [0.25, 0.3) is 5.69 Å². The minimum atomic E-state index is -1.03. The topological polar surface area (TPSA) is 92.9 Å². The molecule has 2 atom stereocenters. The Balaban J connectivity index is 1.49. The zero-order valence-electron chi connectivity index (χ0n) is 21.9. The molecule has 2 amide bonds. The van der Waals surface area contributed by atoms with Crippen molar-refractivity contribution < 1.29 is 14.5 Å².